The van der Waals surface area contributed by atoms with Gasteiger partial charge in [-0.1, -0.05) is 13.8 Å². The summed E-state index contributed by atoms with van der Waals surface area (Å²) in [6.07, 6.45) is 2.79. The van der Waals surface area contributed by atoms with Crippen LogP contribution in [0.5, 0.6) is 0 Å². The Labute approximate surface area is 115 Å². The van der Waals surface area contributed by atoms with Crippen LogP contribution in [0.2, 0.25) is 0 Å². The predicted molar refractivity (Wildman–Crippen MR) is 77.0 cm³/mol. The van der Waals surface area contributed by atoms with E-state index in [0.29, 0.717) is 5.69 Å². The van der Waals surface area contributed by atoms with Crippen LogP contribution in [0, 0.1) is 0 Å². The van der Waals surface area contributed by atoms with Gasteiger partial charge in [-0.3, -0.25) is 9.20 Å². The van der Waals surface area contributed by atoms with Crippen LogP contribution in [-0.4, -0.2) is 46.0 Å². The van der Waals surface area contributed by atoms with E-state index in [9.17, 15) is 4.79 Å². The molecule has 0 aromatic carbocycles. The number of carbonyl (C=O) groups is 1. The number of hydrogen-bond acceptors (Lipinski definition) is 5. The molecule has 0 N–H and O–H groups in total. The van der Waals surface area contributed by atoms with E-state index in [1.165, 1.54) is 0 Å². The summed E-state index contributed by atoms with van der Waals surface area (Å²) in [4.78, 5) is 18.9. The predicted octanol–water partition coefficient (Wildman–Crippen LogP) is 2.64. The van der Waals surface area contributed by atoms with Gasteiger partial charge < -0.3 is 4.90 Å². The summed E-state index contributed by atoms with van der Waals surface area (Å²) in [6.45, 7) is 7.49. The summed E-state index contributed by atoms with van der Waals surface area (Å²) >= 11 is 3.22. The molecule has 0 unspecified atom stereocenters. The van der Waals surface area contributed by atoms with Crippen LogP contribution in [0.25, 0.3) is 4.96 Å². The second-order valence-electron chi connectivity index (χ2n) is 3.85. The molecule has 0 atom stereocenters. The molecule has 2 heterocycles. The molecule has 0 spiro atoms. The number of aromatic nitrogens is 2. The molecule has 0 aliphatic carbocycles. The van der Waals surface area contributed by atoms with Crippen LogP contribution < -0.4 is 0 Å². The molecule has 0 fully saturated rings. The Morgan fingerprint density at radius 2 is 2.28 bits per heavy atom. The maximum Gasteiger partial charge on any atom is 0.195 e. The summed E-state index contributed by atoms with van der Waals surface area (Å²) in [7, 11) is 0. The second kappa shape index (κ2) is 6.36. The van der Waals surface area contributed by atoms with Crippen molar-refractivity contribution in [2.45, 2.75) is 18.9 Å². The number of imidazole rings is 1. The molecule has 6 heteroatoms. The van der Waals surface area contributed by atoms with Gasteiger partial charge in [-0.05, 0) is 13.1 Å². The fraction of sp³-hybridized carbons (Fsp3) is 0.500. The lowest BCUT2D eigenvalue weighted by molar-refractivity contribution is 0.111. The third-order valence-corrected chi connectivity index (χ3v) is 4.63. The smallest absolute Gasteiger partial charge is 0.195 e. The molecular weight excluding hydrogens is 266 g/mol. The van der Waals surface area contributed by atoms with Crippen molar-refractivity contribution >= 4 is 34.3 Å². The van der Waals surface area contributed by atoms with Crippen LogP contribution in [-0.2, 0) is 0 Å². The Bertz CT molecular complexity index is 516. The first-order valence-corrected chi connectivity index (χ1v) is 7.92. The molecule has 18 heavy (non-hydrogen) atoms. The van der Waals surface area contributed by atoms with Gasteiger partial charge in [-0.25, -0.2) is 4.98 Å². The number of thioether (sulfide) groups is 1. The summed E-state index contributed by atoms with van der Waals surface area (Å²) in [5.41, 5.74) is 0.677. The minimum Gasteiger partial charge on any atom is -0.303 e. The van der Waals surface area contributed by atoms with Crippen molar-refractivity contribution in [3.8, 4) is 0 Å². The van der Waals surface area contributed by atoms with Gasteiger partial charge in [0.25, 0.3) is 0 Å². The Morgan fingerprint density at radius 1 is 1.50 bits per heavy atom. The number of nitrogens with zero attached hydrogens (tertiary/aromatic N) is 3. The minimum absolute atomic E-state index is 0.677. The Balaban J connectivity index is 2.02. The van der Waals surface area contributed by atoms with Crippen molar-refractivity contribution in [2.24, 2.45) is 0 Å². The lowest BCUT2D eigenvalue weighted by Gasteiger charge is -2.16. The first-order valence-electron chi connectivity index (χ1n) is 6.06. The number of rotatable bonds is 7. The molecule has 0 saturated carbocycles. The van der Waals surface area contributed by atoms with Crippen LogP contribution >= 0.6 is 23.1 Å². The maximum atomic E-state index is 11.1. The normalized spacial score (nSPS) is 11.5. The van der Waals surface area contributed by atoms with Gasteiger partial charge >= 0.3 is 0 Å². The van der Waals surface area contributed by atoms with E-state index in [4.69, 9.17) is 0 Å². The van der Waals surface area contributed by atoms with Gasteiger partial charge in [0.1, 0.15) is 10.7 Å². The zero-order valence-electron chi connectivity index (χ0n) is 10.6. The molecular formula is C12H17N3OS2. The Hall–Kier alpha value is -0.850. The molecule has 2 rings (SSSR count). The van der Waals surface area contributed by atoms with E-state index in [2.05, 4.69) is 23.7 Å². The number of aldehydes is 1. The van der Waals surface area contributed by atoms with Gasteiger partial charge in [-0.15, -0.1) is 23.1 Å². The molecule has 0 aliphatic rings. The van der Waals surface area contributed by atoms with Gasteiger partial charge in [0, 0.05) is 23.9 Å². The molecule has 0 aliphatic heterocycles. The molecule has 0 amide bonds. The van der Waals surface area contributed by atoms with E-state index in [1.807, 2.05) is 16.0 Å². The van der Waals surface area contributed by atoms with E-state index in [0.717, 1.165) is 41.7 Å². The van der Waals surface area contributed by atoms with E-state index in [1.54, 1.807) is 23.1 Å². The number of carbonyl (C=O) groups excluding carboxylic acids is 1. The molecule has 0 saturated heterocycles. The number of fused-ring (bicyclic) bond motifs is 1. The number of hydrogen-bond donors (Lipinski definition) is 0. The lowest BCUT2D eigenvalue weighted by atomic mass is 10.5. The fourth-order valence-corrected chi connectivity index (χ4v) is 3.58. The van der Waals surface area contributed by atoms with Gasteiger partial charge in [0.05, 0.1) is 0 Å². The first kappa shape index (κ1) is 13.6. The molecule has 2 aromatic rings. The van der Waals surface area contributed by atoms with Crippen molar-refractivity contribution in [3.05, 3.63) is 17.3 Å². The van der Waals surface area contributed by atoms with Crippen LogP contribution in [0.1, 0.15) is 24.3 Å². The molecule has 0 radical (unpaired) electrons. The van der Waals surface area contributed by atoms with Gasteiger partial charge in [0.15, 0.2) is 11.2 Å². The van der Waals surface area contributed by atoms with Crippen LogP contribution in [0.15, 0.2) is 16.6 Å². The van der Waals surface area contributed by atoms with E-state index >= 15 is 0 Å². The van der Waals surface area contributed by atoms with Crippen LogP contribution in [0.4, 0.5) is 0 Å². The standard InChI is InChI=1S/C12H17N3OS2/c1-3-14(4-2)5-7-17-11-10(9-16)15-6-8-18-12(15)13-11/h6,8-9H,3-5,7H2,1-2H3. The van der Waals surface area contributed by atoms with Crippen molar-refractivity contribution in [2.75, 3.05) is 25.4 Å². The summed E-state index contributed by atoms with van der Waals surface area (Å²) in [6, 6.07) is 0. The maximum absolute atomic E-state index is 11.1. The first-order chi connectivity index (χ1) is 8.80. The topological polar surface area (TPSA) is 37.6 Å². The van der Waals surface area contributed by atoms with Crippen molar-refractivity contribution in [3.63, 3.8) is 0 Å². The molecule has 4 nitrogen and oxygen atoms in total. The molecule has 2 aromatic heterocycles. The number of thiazole rings is 1. The highest BCUT2D eigenvalue weighted by Crippen LogP contribution is 2.24. The zero-order chi connectivity index (χ0) is 13.0. The Kier molecular flexibility index (Phi) is 4.79. The summed E-state index contributed by atoms with van der Waals surface area (Å²) in [5.74, 6) is 0.966. The monoisotopic (exact) mass is 283 g/mol. The van der Waals surface area contributed by atoms with E-state index in [-0.39, 0.29) is 0 Å². The van der Waals surface area contributed by atoms with Crippen LogP contribution in [0.3, 0.4) is 0 Å². The summed E-state index contributed by atoms with van der Waals surface area (Å²) < 4.78 is 1.86. The quantitative estimate of drug-likeness (QED) is 0.578. The third kappa shape index (κ3) is 2.76. The fourth-order valence-electron chi connectivity index (χ4n) is 1.81. The van der Waals surface area contributed by atoms with Gasteiger partial charge in [-0.2, -0.15) is 0 Å². The molecule has 0 bridgehead atoms. The Morgan fingerprint density at radius 3 is 2.94 bits per heavy atom. The third-order valence-electron chi connectivity index (χ3n) is 2.92. The SMILES string of the molecule is CCN(CC)CCSc1nc2sccn2c1C=O. The van der Waals surface area contributed by atoms with Crippen molar-refractivity contribution in [1.82, 2.24) is 14.3 Å². The average molecular weight is 283 g/mol. The van der Waals surface area contributed by atoms with Gasteiger partial charge in [0.2, 0.25) is 0 Å². The minimum atomic E-state index is 0.677. The highest BCUT2D eigenvalue weighted by atomic mass is 32.2. The van der Waals surface area contributed by atoms with Crippen molar-refractivity contribution in [1.29, 1.82) is 0 Å². The zero-order valence-corrected chi connectivity index (χ0v) is 12.3. The average Bonchev–Trinajstić information content (AvgIpc) is 2.94. The highest BCUT2D eigenvalue weighted by Gasteiger charge is 2.12. The lowest BCUT2D eigenvalue weighted by Crippen LogP contribution is -2.25. The van der Waals surface area contributed by atoms with E-state index < -0.39 is 0 Å². The molecule has 98 valence electrons. The summed E-state index contributed by atoms with van der Waals surface area (Å²) in [5, 5.41) is 2.80. The van der Waals surface area contributed by atoms with Crippen molar-refractivity contribution < 1.29 is 4.79 Å². The second-order valence-corrected chi connectivity index (χ2v) is 5.81. The largest absolute Gasteiger partial charge is 0.303 e. The highest BCUT2D eigenvalue weighted by molar-refractivity contribution is 7.99.